The minimum absolute atomic E-state index is 0.141. The van der Waals surface area contributed by atoms with Crippen molar-refractivity contribution in [3.63, 3.8) is 0 Å². The van der Waals surface area contributed by atoms with Gasteiger partial charge in [0.15, 0.2) is 11.5 Å². The van der Waals surface area contributed by atoms with Crippen LogP contribution in [-0.2, 0) is 6.54 Å². The monoisotopic (exact) mass is 434 g/mol. The van der Waals surface area contributed by atoms with E-state index in [1.807, 2.05) is 61.7 Å². The van der Waals surface area contributed by atoms with Crippen molar-refractivity contribution < 1.29 is 14.3 Å². The number of ether oxygens (including phenoxy) is 2. The Morgan fingerprint density at radius 3 is 2.55 bits per heavy atom. The van der Waals surface area contributed by atoms with Gasteiger partial charge in [0.25, 0.3) is 5.91 Å². The van der Waals surface area contributed by atoms with Crippen molar-refractivity contribution >= 4 is 17.2 Å². The predicted octanol–water partition coefficient (Wildman–Crippen LogP) is 4.25. The minimum atomic E-state index is -0.141. The zero-order chi connectivity index (χ0) is 21.8. The molecule has 0 saturated carbocycles. The van der Waals surface area contributed by atoms with E-state index in [-0.39, 0.29) is 5.91 Å². The Bertz CT molecular complexity index is 1180. The van der Waals surface area contributed by atoms with Crippen LogP contribution in [0.15, 0.2) is 60.9 Å². The second kappa shape index (κ2) is 9.01. The van der Waals surface area contributed by atoms with Crippen LogP contribution in [0.5, 0.6) is 11.5 Å². The number of thiazole rings is 1. The maximum Gasteiger partial charge on any atom is 0.263 e. The first kappa shape index (κ1) is 20.6. The van der Waals surface area contributed by atoms with Gasteiger partial charge in [-0.1, -0.05) is 12.1 Å². The van der Waals surface area contributed by atoms with Gasteiger partial charge in [-0.05, 0) is 48.9 Å². The SMILES string of the molecule is COc1ccc(-c2nc(C)c(C(=O)NCc3ccc(-n4cccn4)cc3)s2)cc1OC. The summed E-state index contributed by atoms with van der Waals surface area (Å²) in [5.74, 6) is 1.13. The summed E-state index contributed by atoms with van der Waals surface area (Å²) in [7, 11) is 3.19. The van der Waals surface area contributed by atoms with Gasteiger partial charge in [-0.3, -0.25) is 4.79 Å². The van der Waals surface area contributed by atoms with Gasteiger partial charge in [0.2, 0.25) is 0 Å². The Hall–Kier alpha value is -3.65. The van der Waals surface area contributed by atoms with E-state index in [1.54, 1.807) is 25.1 Å². The average Bonchev–Trinajstić information content (AvgIpc) is 3.47. The molecule has 0 aliphatic carbocycles. The third-order valence-electron chi connectivity index (χ3n) is 4.79. The number of carbonyl (C=O) groups is 1. The highest BCUT2D eigenvalue weighted by atomic mass is 32.1. The van der Waals surface area contributed by atoms with Gasteiger partial charge >= 0.3 is 0 Å². The molecule has 0 unspecified atom stereocenters. The number of benzene rings is 2. The molecular formula is C23H22N4O3S. The number of methoxy groups -OCH3 is 2. The summed E-state index contributed by atoms with van der Waals surface area (Å²) in [6.07, 6.45) is 3.63. The molecule has 0 bridgehead atoms. The van der Waals surface area contributed by atoms with Crippen LogP contribution in [0.3, 0.4) is 0 Å². The molecular weight excluding hydrogens is 412 g/mol. The minimum Gasteiger partial charge on any atom is -0.493 e. The molecule has 4 rings (SSSR count). The highest BCUT2D eigenvalue weighted by Gasteiger charge is 2.17. The maximum absolute atomic E-state index is 12.8. The molecule has 1 amide bonds. The number of nitrogens with one attached hydrogen (secondary N) is 1. The van der Waals surface area contributed by atoms with Gasteiger partial charge in [-0.15, -0.1) is 11.3 Å². The Morgan fingerprint density at radius 2 is 1.87 bits per heavy atom. The molecule has 0 spiro atoms. The summed E-state index contributed by atoms with van der Waals surface area (Å²) in [5.41, 5.74) is 3.55. The first-order chi connectivity index (χ1) is 15.1. The molecule has 2 aromatic carbocycles. The molecule has 7 nitrogen and oxygen atoms in total. The van der Waals surface area contributed by atoms with Crippen molar-refractivity contribution in [2.24, 2.45) is 0 Å². The van der Waals surface area contributed by atoms with Gasteiger partial charge < -0.3 is 14.8 Å². The van der Waals surface area contributed by atoms with Crippen LogP contribution in [0.2, 0.25) is 0 Å². The lowest BCUT2D eigenvalue weighted by Gasteiger charge is -2.08. The molecule has 158 valence electrons. The lowest BCUT2D eigenvalue weighted by Crippen LogP contribution is -2.22. The number of rotatable bonds is 7. The zero-order valence-electron chi connectivity index (χ0n) is 17.5. The lowest BCUT2D eigenvalue weighted by molar-refractivity contribution is 0.0954. The van der Waals surface area contributed by atoms with E-state index in [4.69, 9.17) is 9.47 Å². The number of aromatic nitrogens is 3. The smallest absolute Gasteiger partial charge is 0.263 e. The van der Waals surface area contributed by atoms with Crippen LogP contribution in [-0.4, -0.2) is 34.9 Å². The first-order valence-electron chi connectivity index (χ1n) is 9.66. The largest absolute Gasteiger partial charge is 0.493 e. The molecule has 0 fully saturated rings. The Balaban J connectivity index is 1.45. The standard InChI is InChI=1S/C23H22N4O3S/c1-15-21(31-23(26-15)17-7-10-19(29-2)20(13-17)30-3)22(28)24-14-16-5-8-18(9-6-16)27-12-4-11-25-27/h4-13H,14H2,1-3H3,(H,24,28). The predicted molar refractivity (Wildman–Crippen MR) is 120 cm³/mol. The number of aryl methyl sites for hydroxylation is 1. The van der Waals surface area contributed by atoms with E-state index < -0.39 is 0 Å². The van der Waals surface area contributed by atoms with Gasteiger partial charge in [-0.2, -0.15) is 5.10 Å². The molecule has 1 N–H and O–H groups in total. The Morgan fingerprint density at radius 1 is 1.10 bits per heavy atom. The molecule has 2 heterocycles. The van der Waals surface area contributed by atoms with Crippen LogP contribution in [0.1, 0.15) is 20.9 Å². The molecule has 0 saturated heterocycles. The second-order valence-electron chi connectivity index (χ2n) is 6.80. The maximum atomic E-state index is 12.8. The highest BCUT2D eigenvalue weighted by Crippen LogP contribution is 2.35. The van der Waals surface area contributed by atoms with E-state index >= 15 is 0 Å². The molecule has 0 aliphatic heterocycles. The van der Waals surface area contributed by atoms with Crippen LogP contribution >= 0.6 is 11.3 Å². The first-order valence-corrected chi connectivity index (χ1v) is 10.5. The van der Waals surface area contributed by atoms with Gasteiger partial charge in [0, 0.05) is 24.5 Å². The quantitative estimate of drug-likeness (QED) is 0.470. The zero-order valence-corrected chi connectivity index (χ0v) is 18.3. The third kappa shape index (κ3) is 4.44. The summed E-state index contributed by atoms with van der Waals surface area (Å²) >= 11 is 1.36. The van der Waals surface area contributed by atoms with Crippen molar-refractivity contribution in [3.8, 4) is 27.8 Å². The van der Waals surface area contributed by atoms with E-state index in [9.17, 15) is 4.79 Å². The molecule has 2 aromatic heterocycles. The number of nitrogens with zero attached hydrogens (tertiary/aromatic N) is 3. The number of hydrogen-bond donors (Lipinski definition) is 1. The summed E-state index contributed by atoms with van der Waals surface area (Å²) in [6.45, 7) is 2.27. The normalized spacial score (nSPS) is 10.7. The lowest BCUT2D eigenvalue weighted by atomic mass is 10.2. The van der Waals surface area contributed by atoms with Gasteiger partial charge in [0.1, 0.15) is 9.88 Å². The summed E-state index contributed by atoms with van der Waals surface area (Å²) in [5, 5.41) is 7.95. The fraction of sp³-hybridized carbons (Fsp3) is 0.174. The van der Waals surface area contributed by atoms with Crippen molar-refractivity contribution in [2.75, 3.05) is 14.2 Å². The van der Waals surface area contributed by atoms with Gasteiger partial charge in [0.05, 0.1) is 25.6 Å². The summed E-state index contributed by atoms with van der Waals surface area (Å²) in [4.78, 5) is 17.9. The van der Waals surface area contributed by atoms with Crippen LogP contribution in [0, 0.1) is 6.92 Å². The molecule has 4 aromatic rings. The number of amides is 1. The topological polar surface area (TPSA) is 78.3 Å². The van der Waals surface area contributed by atoms with Crippen LogP contribution in [0.4, 0.5) is 0 Å². The van der Waals surface area contributed by atoms with Crippen LogP contribution in [0.25, 0.3) is 16.3 Å². The van der Waals surface area contributed by atoms with Crippen LogP contribution < -0.4 is 14.8 Å². The molecule has 0 radical (unpaired) electrons. The number of carbonyl (C=O) groups excluding carboxylic acids is 1. The molecule has 0 aliphatic rings. The second-order valence-corrected chi connectivity index (χ2v) is 7.80. The molecule has 31 heavy (non-hydrogen) atoms. The number of hydrogen-bond acceptors (Lipinski definition) is 6. The van der Waals surface area contributed by atoms with E-state index in [0.717, 1.165) is 21.8 Å². The summed E-state index contributed by atoms with van der Waals surface area (Å²) < 4.78 is 12.4. The fourth-order valence-corrected chi connectivity index (χ4v) is 4.13. The van der Waals surface area contributed by atoms with E-state index in [1.165, 1.54) is 11.3 Å². The Labute approximate surface area is 184 Å². The third-order valence-corrected chi connectivity index (χ3v) is 6.00. The highest BCUT2D eigenvalue weighted by molar-refractivity contribution is 7.17. The van der Waals surface area contributed by atoms with Crippen molar-refractivity contribution in [2.45, 2.75) is 13.5 Å². The molecule has 0 atom stereocenters. The van der Waals surface area contributed by atoms with Crippen molar-refractivity contribution in [3.05, 3.63) is 77.1 Å². The van der Waals surface area contributed by atoms with E-state index in [2.05, 4.69) is 15.4 Å². The van der Waals surface area contributed by atoms with Gasteiger partial charge in [-0.25, -0.2) is 9.67 Å². The van der Waals surface area contributed by atoms with Crippen molar-refractivity contribution in [1.29, 1.82) is 0 Å². The molecule has 8 heteroatoms. The Kier molecular flexibility index (Phi) is 5.99. The fourth-order valence-electron chi connectivity index (χ4n) is 3.15. The van der Waals surface area contributed by atoms with Crippen molar-refractivity contribution in [1.82, 2.24) is 20.1 Å². The average molecular weight is 435 g/mol. The summed E-state index contributed by atoms with van der Waals surface area (Å²) in [6, 6.07) is 15.4. The van der Waals surface area contributed by atoms with E-state index in [0.29, 0.717) is 28.6 Å².